The summed E-state index contributed by atoms with van der Waals surface area (Å²) in [6.45, 7) is 10.0. The van der Waals surface area contributed by atoms with Gasteiger partial charge in [0.2, 0.25) is 0 Å². The average molecular weight is 688 g/mol. The van der Waals surface area contributed by atoms with Gasteiger partial charge in [-0.25, -0.2) is 14.4 Å². The van der Waals surface area contributed by atoms with Crippen LogP contribution in [0.4, 0.5) is 39.5 Å². The summed E-state index contributed by atoms with van der Waals surface area (Å²) >= 11 is 0. The molecule has 1 aromatic carbocycles. The minimum Gasteiger partial charge on any atom is -0.497 e. The standard InChI is InChI=1S/C20H31N3O2.3C2HF3O2/c1-21-7-9-23(10-8-21)20-15-25-14-17-12-22(13-19(17)20)11-16-3-5-18(24-2)6-4-16;3*3-2(4,5)1(6)7/h3-6,17,19-20H,7-15H2,1-2H3;3*(H,6,7)/t17-,19-,20-;;;/m1.../s1. The number of likely N-dealkylation sites (tertiary alicyclic amines) is 1. The minimum atomic E-state index is -5.08. The Kier molecular flexibility index (Phi) is 15.5. The molecule has 3 aliphatic rings. The Hall–Kier alpha value is -3.36. The van der Waals surface area contributed by atoms with E-state index in [1.54, 1.807) is 7.11 Å². The van der Waals surface area contributed by atoms with Crippen LogP contribution in [0.1, 0.15) is 5.56 Å². The quantitative estimate of drug-likeness (QED) is 0.402. The highest BCUT2D eigenvalue weighted by Crippen LogP contribution is 2.34. The summed E-state index contributed by atoms with van der Waals surface area (Å²) in [7, 11) is 3.95. The fourth-order valence-electron chi connectivity index (χ4n) is 4.71. The molecule has 0 aliphatic carbocycles. The van der Waals surface area contributed by atoms with Crippen LogP contribution < -0.4 is 4.74 Å². The van der Waals surface area contributed by atoms with Gasteiger partial charge in [-0.3, -0.25) is 9.80 Å². The van der Waals surface area contributed by atoms with E-state index in [1.807, 2.05) is 0 Å². The fraction of sp³-hybridized carbons (Fsp3) is 0.654. The van der Waals surface area contributed by atoms with Gasteiger partial charge < -0.3 is 29.7 Å². The molecule has 0 unspecified atom stereocenters. The number of piperazine rings is 1. The normalized spacial score (nSPS) is 22.5. The maximum Gasteiger partial charge on any atom is 0.490 e. The largest absolute Gasteiger partial charge is 0.497 e. The number of fused-ring (bicyclic) bond motifs is 1. The van der Waals surface area contributed by atoms with E-state index in [9.17, 15) is 39.5 Å². The summed E-state index contributed by atoms with van der Waals surface area (Å²) in [6.07, 6.45) is -15.3. The number of hydrogen-bond donors (Lipinski definition) is 3. The van der Waals surface area contributed by atoms with Gasteiger partial charge in [0, 0.05) is 57.8 Å². The smallest absolute Gasteiger partial charge is 0.490 e. The van der Waals surface area contributed by atoms with Crippen LogP contribution in [0, 0.1) is 11.8 Å². The summed E-state index contributed by atoms with van der Waals surface area (Å²) in [5.74, 6) is -5.89. The molecule has 3 aliphatic heterocycles. The van der Waals surface area contributed by atoms with Gasteiger partial charge in [0.15, 0.2) is 0 Å². The summed E-state index contributed by atoms with van der Waals surface area (Å²) < 4.78 is 106. The average Bonchev–Trinajstić information content (AvgIpc) is 3.36. The highest BCUT2D eigenvalue weighted by molar-refractivity contribution is 5.73. The third-order valence-corrected chi connectivity index (χ3v) is 6.98. The van der Waals surface area contributed by atoms with Crippen LogP contribution >= 0.6 is 0 Å². The molecule has 1 aromatic rings. The molecule has 0 amide bonds. The van der Waals surface area contributed by atoms with Gasteiger partial charge in [-0.1, -0.05) is 12.1 Å². The molecule has 3 heterocycles. The number of methoxy groups -OCH3 is 1. The van der Waals surface area contributed by atoms with Crippen molar-refractivity contribution in [2.75, 3.05) is 66.6 Å². The number of nitrogens with zero attached hydrogens (tertiary/aromatic N) is 3. The second-order valence-electron chi connectivity index (χ2n) is 10.3. The third-order valence-electron chi connectivity index (χ3n) is 6.98. The highest BCUT2D eigenvalue weighted by atomic mass is 19.4. The van der Waals surface area contributed by atoms with Crippen LogP contribution in [0.15, 0.2) is 24.3 Å². The van der Waals surface area contributed by atoms with Crippen LogP contribution in [0.5, 0.6) is 5.75 Å². The number of rotatable bonds is 4. The number of ether oxygens (including phenoxy) is 2. The number of carbonyl (C=O) groups is 3. The Bertz CT molecular complexity index is 1050. The van der Waals surface area contributed by atoms with E-state index in [-0.39, 0.29) is 0 Å². The lowest BCUT2D eigenvalue weighted by Crippen LogP contribution is -2.56. The molecule has 0 spiro atoms. The Balaban J connectivity index is 0.000000413. The molecule has 20 heteroatoms. The predicted molar refractivity (Wildman–Crippen MR) is 140 cm³/mol. The van der Waals surface area contributed by atoms with Gasteiger partial charge >= 0.3 is 36.4 Å². The number of carboxylic acids is 3. The molecule has 0 aromatic heterocycles. The molecule has 11 nitrogen and oxygen atoms in total. The molecule has 3 atom stereocenters. The van der Waals surface area contributed by atoms with Crippen LogP contribution in [0.3, 0.4) is 0 Å². The third kappa shape index (κ3) is 14.4. The maximum absolute atomic E-state index is 10.6. The van der Waals surface area contributed by atoms with Gasteiger partial charge in [0.05, 0.1) is 20.3 Å². The number of hydrogen-bond acceptors (Lipinski definition) is 8. The van der Waals surface area contributed by atoms with E-state index >= 15 is 0 Å². The number of halogens is 9. The number of aliphatic carboxylic acids is 3. The summed E-state index contributed by atoms with van der Waals surface area (Å²) in [5.41, 5.74) is 1.37. The molecule has 264 valence electrons. The van der Waals surface area contributed by atoms with Crippen LogP contribution in [-0.2, 0) is 25.7 Å². The monoisotopic (exact) mass is 687 g/mol. The summed E-state index contributed by atoms with van der Waals surface area (Å²) in [5, 5.41) is 21.4. The molecule has 0 bridgehead atoms. The topological polar surface area (TPSA) is 140 Å². The molecule has 0 saturated carbocycles. The first kappa shape index (κ1) is 40.7. The van der Waals surface area contributed by atoms with Crippen molar-refractivity contribution in [3.63, 3.8) is 0 Å². The molecular formula is C26H34F9N3O8. The van der Waals surface area contributed by atoms with Gasteiger partial charge in [-0.15, -0.1) is 0 Å². The molecule has 3 fully saturated rings. The minimum absolute atomic E-state index is 0.605. The van der Waals surface area contributed by atoms with E-state index in [0.717, 1.165) is 31.4 Å². The number of likely N-dealkylation sites (N-methyl/N-ethyl adjacent to an activating group) is 1. The van der Waals surface area contributed by atoms with E-state index in [1.165, 1.54) is 44.8 Å². The Morgan fingerprint density at radius 2 is 1.22 bits per heavy atom. The maximum atomic E-state index is 10.6. The van der Waals surface area contributed by atoms with Crippen molar-refractivity contribution in [2.24, 2.45) is 11.8 Å². The Morgan fingerprint density at radius 1 is 0.783 bits per heavy atom. The SMILES string of the molecule is COc1ccc(CN2C[C@@H]3COC[C@@H](N4CCN(C)CC4)[C@@H]3C2)cc1.O=C(O)C(F)(F)F.O=C(O)C(F)(F)F.O=C(O)C(F)(F)F. The first-order valence-electron chi connectivity index (χ1n) is 13.3. The van der Waals surface area contributed by atoms with Gasteiger partial charge in [0.25, 0.3) is 0 Å². The van der Waals surface area contributed by atoms with E-state index < -0.39 is 36.4 Å². The van der Waals surface area contributed by atoms with E-state index in [0.29, 0.717) is 12.0 Å². The molecule has 3 N–H and O–H groups in total. The molecule has 46 heavy (non-hydrogen) atoms. The summed E-state index contributed by atoms with van der Waals surface area (Å²) in [6, 6.07) is 9.11. The molecular weight excluding hydrogens is 653 g/mol. The summed E-state index contributed by atoms with van der Waals surface area (Å²) in [4.78, 5) is 34.4. The van der Waals surface area contributed by atoms with Crippen molar-refractivity contribution in [2.45, 2.75) is 31.1 Å². The zero-order chi connectivity index (χ0) is 35.5. The number of alkyl halides is 9. The lowest BCUT2D eigenvalue weighted by atomic mass is 9.86. The Labute approximate surface area is 257 Å². The zero-order valence-electron chi connectivity index (χ0n) is 24.5. The first-order valence-corrected chi connectivity index (χ1v) is 13.3. The number of carboxylic acid groups (broad SMARTS) is 3. The highest BCUT2D eigenvalue weighted by Gasteiger charge is 2.43. The predicted octanol–water partition coefficient (Wildman–Crippen LogP) is 3.29. The molecule has 0 radical (unpaired) electrons. The van der Waals surface area contributed by atoms with Crippen molar-refractivity contribution in [1.82, 2.24) is 14.7 Å². The van der Waals surface area contributed by atoms with Gasteiger partial charge in [-0.2, -0.15) is 39.5 Å². The fourth-order valence-corrected chi connectivity index (χ4v) is 4.71. The molecule has 4 rings (SSSR count). The van der Waals surface area contributed by atoms with E-state index in [4.69, 9.17) is 39.2 Å². The van der Waals surface area contributed by atoms with Crippen molar-refractivity contribution in [3.8, 4) is 5.75 Å². The Morgan fingerprint density at radius 3 is 1.61 bits per heavy atom. The van der Waals surface area contributed by atoms with Crippen LogP contribution in [-0.4, -0.2) is 139 Å². The first-order chi connectivity index (χ1) is 21.1. The second-order valence-corrected chi connectivity index (χ2v) is 10.3. The number of benzene rings is 1. The van der Waals surface area contributed by atoms with Crippen LogP contribution in [0.2, 0.25) is 0 Å². The van der Waals surface area contributed by atoms with Crippen molar-refractivity contribution >= 4 is 17.9 Å². The van der Waals surface area contributed by atoms with Crippen molar-refractivity contribution in [1.29, 1.82) is 0 Å². The lowest BCUT2D eigenvalue weighted by Gasteiger charge is -2.44. The van der Waals surface area contributed by atoms with Crippen molar-refractivity contribution in [3.05, 3.63) is 29.8 Å². The molecule has 3 saturated heterocycles. The lowest BCUT2D eigenvalue weighted by molar-refractivity contribution is -0.193. The van der Waals surface area contributed by atoms with E-state index in [2.05, 4.69) is 46.0 Å². The van der Waals surface area contributed by atoms with Gasteiger partial charge in [0.1, 0.15) is 5.75 Å². The second kappa shape index (κ2) is 17.5. The van der Waals surface area contributed by atoms with Crippen LogP contribution in [0.25, 0.3) is 0 Å². The van der Waals surface area contributed by atoms with Gasteiger partial charge in [-0.05, 0) is 30.7 Å². The zero-order valence-corrected chi connectivity index (χ0v) is 24.5. The van der Waals surface area contributed by atoms with Crippen molar-refractivity contribution < 1.29 is 78.7 Å².